The van der Waals surface area contributed by atoms with E-state index in [1.54, 1.807) is 24.3 Å². The van der Waals surface area contributed by atoms with Crippen molar-refractivity contribution < 1.29 is 14.4 Å². The molecule has 146 valence electrons. The Hall–Kier alpha value is -2.57. The molecular weight excluding hydrogens is 344 g/mol. The summed E-state index contributed by atoms with van der Waals surface area (Å²) in [6.45, 7) is 5.98. The van der Waals surface area contributed by atoms with E-state index < -0.39 is 0 Å². The summed E-state index contributed by atoms with van der Waals surface area (Å²) in [7, 11) is 0. The van der Waals surface area contributed by atoms with Crippen LogP contribution in [0.4, 0.5) is 10.5 Å². The molecule has 0 unspecified atom stereocenters. The molecule has 1 aromatic carbocycles. The van der Waals surface area contributed by atoms with Crippen LogP contribution in [0, 0.1) is 0 Å². The largest absolute Gasteiger partial charge is 0.340 e. The van der Waals surface area contributed by atoms with Crippen molar-refractivity contribution >= 4 is 23.5 Å². The van der Waals surface area contributed by atoms with E-state index in [2.05, 4.69) is 10.6 Å². The molecule has 2 saturated heterocycles. The van der Waals surface area contributed by atoms with Crippen LogP contribution in [0.5, 0.6) is 0 Å². The topological polar surface area (TPSA) is 81.8 Å². The number of urea groups is 1. The zero-order valence-corrected chi connectivity index (χ0v) is 16.0. The van der Waals surface area contributed by atoms with Gasteiger partial charge in [-0.15, -0.1) is 0 Å². The summed E-state index contributed by atoms with van der Waals surface area (Å²) < 4.78 is 0. The summed E-state index contributed by atoms with van der Waals surface area (Å²) in [6.07, 6.45) is 3.29. The van der Waals surface area contributed by atoms with Crippen molar-refractivity contribution in [1.29, 1.82) is 0 Å². The number of likely N-dealkylation sites (tertiary alicyclic amines) is 2. The van der Waals surface area contributed by atoms with Crippen molar-refractivity contribution in [3.63, 3.8) is 0 Å². The van der Waals surface area contributed by atoms with Gasteiger partial charge in [-0.3, -0.25) is 9.59 Å². The molecule has 0 bridgehead atoms. The van der Waals surface area contributed by atoms with Gasteiger partial charge in [-0.1, -0.05) is 0 Å². The number of nitrogens with zero attached hydrogens (tertiary/aromatic N) is 2. The molecule has 27 heavy (non-hydrogen) atoms. The molecule has 0 spiro atoms. The van der Waals surface area contributed by atoms with Crippen LogP contribution in [0.15, 0.2) is 24.3 Å². The van der Waals surface area contributed by atoms with Crippen LogP contribution < -0.4 is 10.6 Å². The number of amides is 4. The Morgan fingerprint density at radius 3 is 2.30 bits per heavy atom. The van der Waals surface area contributed by atoms with Crippen molar-refractivity contribution in [2.45, 2.75) is 51.6 Å². The summed E-state index contributed by atoms with van der Waals surface area (Å²) in [5.74, 6) is 0.253. The van der Waals surface area contributed by atoms with E-state index in [4.69, 9.17) is 0 Å². The fraction of sp³-hybridized carbons (Fsp3) is 0.550. The van der Waals surface area contributed by atoms with Crippen molar-refractivity contribution in [3.8, 4) is 0 Å². The molecule has 2 aliphatic rings. The van der Waals surface area contributed by atoms with Crippen molar-refractivity contribution in [2.75, 3.05) is 25.0 Å². The van der Waals surface area contributed by atoms with E-state index in [0.717, 1.165) is 25.8 Å². The summed E-state index contributed by atoms with van der Waals surface area (Å²) in [4.78, 5) is 40.2. The quantitative estimate of drug-likeness (QED) is 0.852. The van der Waals surface area contributed by atoms with Gasteiger partial charge in [0.25, 0.3) is 5.91 Å². The van der Waals surface area contributed by atoms with Crippen LogP contribution in [0.3, 0.4) is 0 Å². The monoisotopic (exact) mass is 372 g/mol. The van der Waals surface area contributed by atoms with Crippen LogP contribution in [0.25, 0.3) is 0 Å². The first kappa shape index (κ1) is 19.2. The first-order chi connectivity index (χ1) is 12.9. The smallest absolute Gasteiger partial charge is 0.319 e. The molecule has 0 aliphatic carbocycles. The van der Waals surface area contributed by atoms with Crippen LogP contribution in [0.1, 0.15) is 49.9 Å². The van der Waals surface area contributed by atoms with Crippen molar-refractivity contribution in [2.24, 2.45) is 0 Å². The third kappa shape index (κ3) is 4.78. The maximum Gasteiger partial charge on any atom is 0.319 e. The number of hydrogen-bond acceptors (Lipinski definition) is 3. The van der Waals surface area contributed by atoms with Gasteiger partial charge in [0.1, 0.15) is 0 Å². The van der Waals surface area contributed by atoms with Gasteiger partial charge in [0.2, 0.25) is 5.91 Å². The van der Waals surface area contributed by atoms with Gasteiger partial charge in [0.05, 0.1) is 0 Å². The average Bonchev–Trinajstić information content (AvgIpc) is 3.07. The normalized spacial score (nSPS) is 18.1. The minimum Gasteiger partial charge on any atom is -0.340 e. The predicted molar refractivity (Wildman–Crippen MR) is 104 cm³/mol. The fourth-order valence-corrected chi connectivity index (χ4v) is 3.74. The van der Waals surface area contributed by atoms with E-state index in [0.29, 0.717) is 30.8 Å². The number of nitrogens with one attached hydrogen (secondary N) is 2. The SMILES string of the molecule is CC(C)NC(=O)Nc1ccc(C(=O)N2CCC(N3CCCC3=O)CC2)cc1. The molecule has 7 heteroatoms. The van der Waals surface area contributed by atoms with E-state index in [1.807, 2.05) is 23.6 Å². The summed E-state index contributed by atoms with van der Waals surface area (Å²) in [6, 6.07) is 7.03. The molecule has 0 atom stereocenters. The standard InChI is InChI=1S/C20H28N4O3/c1-14(2)21-20(27)22-16-7-5-15(6-8-16)19(26)23-12-9-17(10-13-23)24-11-3-4-18(24)25/h5-8,14,17H,3-4,9-13H2,1-2H3,(H2,21,22,27). The average molecular weight is 372 g/mol. The molecule has 7 nitrogen and oxygen atoms in total. The van der Waals surface area contributed by atoms with Gasteiger partial charge >= 0.3 is 6.03 Å². The first-order valence-electron chi connectivity index (χ1n) is 9.70. The lowest BCUT2D eigenvalue weighted by atomic mass is 10.0. The second-order valence-corrected chi connectivity index (χ2v) is 7.54. The lowest BCUT2D eigenvalue weighted by molar-refractivity contribution is -0.130. The Labute approximate surface area is 160 Å². The van der Waals surface area contributed by atoms with E-state index in [9.17, 15) is 14.4 Å². The van der Waals surface area contributed by atoms with Crippen LogP contribution >= 0.6 is 0 Å². The summed E-state index contributed by atoms with van der Waals surface area (Å²) >= 11 is 0. The Balaban J connectivity index is 1.52. The van der Waals surface area contributed by atoms with Crippen LogP contribution in [0.2, 0.25) is 0 Å². The number of carbonyl (C=O) groups excluding carboxylic acids is 3. The number of piperidine rings is 1. The van der Waals surface area contributed by atoms with Crippen molar-refractivity contribution in [1.82, 2.24) is 15.1 Å². The van der Waals surface area contributed by atoms with Gasteiger partial charge < -0.3 is 20.4 Å². The molecule has 0 aromatic heterocycles. The maximum atomic E-state index is 12.7. The molecule has 2 N–H and O–H groups in total. The van der Waals surface area contributed by atoms with Crippen LogP contribution in [-0.2, 0) is 4.79 Å². The Morgan fingerprint density at radius 2 is 1.74 bits per heavy atom. The van der Waals surface area contributed by atoms with Gasteiger partial charge in [0.15, 0.2) is 0 Å². The van der Waals surface area contributed by atoms with Gasteiger partial charge in [-0.05, 0) is 57.4 Å². The minimum atomic E-state index is -0.261. The predicted octanol–water partition coefficient (Wildman–Crippen LogP) is 2.44. The molecule has 4 amide bonds. The molecule has 2 aliphatic heterocycles. The first-order valence-corrected chi connectivity index (χ1v) is 9.70. The molecule has 2 fully saturated rings. The fourth-order valence-electron chi connectivity index (χ4n) is 3.74. The number of anilines is 1. The number of rotatable bonds is 4. The van der Waals surface area contributed by atoms with Gasteiger partial charge in [-0.2, -0.15) is 0 Å². The zero-order valence-electron chi connectivity index (χ0n) is 16.0. The Morgan fingerprint density at radius 1 is 1.07 bits per heavy atom. The lowest BCUT2D eigenvalue weighted by Crippen LogP contribution is -2.47. The van der Waals surface area contributed by atoms with E-state index in [1.165, 1.54) is 0 Å². The highest BCUT2D eigenvalue weighted by Crippen LogP contribution is 2.23. The maximum absolute atomic E-state index is 12.7. The third-order valence-corrected chi connectivity index (χ3v) is 5.11. The Kier molecular flexibility index (Phi) is 5.98. The second kappa shape index (κ2) is 8.41. The molecule has 0 saturated carbocycles. The summed E-state index contributed by atoms with van der Waals surface area (Å²) in [5, 5.41) is 5.51. The van der Waals surface area contributed by atoms with E-state index >= 15 is 0 Å². The minimum absolute atomic E-state index is 0.000574. The summed E-state index contributed by atoms with van der Waals surface area (Å²) in [5.41, 5.74) is 1.26. The number of benzene rings is 1. The molecule has 3 rings (SSSR count). The molecule has 0 radical (unpaired) electrons. The lowest BCUT2D eigenvalue weighted by Gasteiger charge is -2.36. The highest BCUT2D eigenvalue weighted by molar-refractivity contribution is 5.95. The zero-order chi connectivity index (χ0) is 19.4. The number of carbonyl (C=O) groups is 3. The molecule has 1 aromatic rings. The van der Waals surface area contributed by atoms with Crippen molar-refractivity contribution in [3.05, 3.63) is 29.8 Å². The highest BCUT2D eigenvalue weighted by atomic mass is 16.2. The Bertz CT molecular complexity index is 694. The third-order valence-electron chi connectivity index (χ3n) is 5.11. The molecule has 2 heterocycles. The van der Waals surface area contributed by atoms with Crippen LogP contribution in [-0.4, -0.2) is 59.4 Å². The second-order valence-electron chi connectivity index (χ2n) is 7.54. The van der Waals surface area contributed by atoms with E-state index in [-0.39, 0.29) is 29.9 Å². The highest BCUT2D eigenvalue weighted by Gasteiger charge is 2.32. The van der Waals surface area contributed by atoms with Gasteiger partial charge in [0, 0.05) is 49.4 Å². The molecular formula is C20H28N4O3. The van der Waals surface area contributed by atoms with Gasteiger partial charge in [-0.25, -0.2) is 4.79 Å². The number of hydrogen-bond donors (Lipinski definition) is 2.